The van der Waals surface area contributed by atoms with E-state index >= 15 is 0 Å². The normalized spacial score (nSPS) is 10.8. The Morgan fingerprint density at radius 1 is 1.39 bits per heavy atom. The van der Waals surface area contributed by atoms with Crippen molar-refractivity contribution in [1.29, 1.82) is 0 Å². The van der Waals surface area contributed by atoms with Gasteiger partial charge in [0.25, 0.3) is 5.91 Å². The topological polar surface area (TPSA) is 93.8 Å². The van der Waals surface area contributed by atoms with E-state index in [1.54, 1.807) is 12.1 Å². The van der Waals surface area contributed by atoms with Crippen molar-refractivity contribution in [2.75, 3.05) is 19.8 Å². The molecule has 0 aliphatic rings. The number of primary amides is 1. The SMILES string of the molecule is CCOc1cc(CNC(C)(C)CO)cc(Cl)c1OCC(N)=O.Cl. The third-order valence-corrected chi connectivity index (χ3v) is 3.18. The third-order valence-electron chi connectivity index (χ3n) is 2.89. The van der Waals surface area contributed by atoms with E-state index in [1.165, 1.54) is 0 Å². The van der Waals surface area contributed by atoms with Crippen molar-refractivity contribution in [2.45, 2.75) is 32.9 Å². The number of carbonyl (C=O) groups excluding carboxylic acids is 1. The number of carbonyl (C=O) groups is 1. The molecule has 0 unspecified atom stereocenters. The molecule has 0 saturated carbocycles. The first-order valence-electron chi connectivity index (χ1n) is 7.01. The summed E-state index contributed by atoms with van der Waals surface area (Å²) >= 11 is 6.20. The van der Waals surface area contributed by atoms with E-state index in [1.807, 2.05) is 20.8 Å². The first kappa shape index (κ1) is 21.8. The lowest BCUT2D eigenvalue weighted by Crippen LogP contribution is -2.42. The van der Waals surface area contributed by atoms with Crippen LogP contribution in [0.25, 0.3) is 0 Å². The third kappa shape index (κ3) is 7.26. The molecule has 0 spiro atoms. The van der Waals surface area contributed by atoms with Gasteiger partial charge in [0.2, 0.25) is 0 Å². The molecule has 4 N–H and O–H groups in total. The minimum Gasteiger partial charge on any atom is -0.490 e. The van der Waals surface area contributed by atoms with Crippen LogP contribution >= 0.6 is 24.0 Å². The summed E-state index contributed by atoms with van der Waals surface area (Å²) in [6.07, 6.45) is 0. The molecular formula is C15H24Cl2N2O4. The molecule has 1 aromatic carbocycles. The van der Waals surface area contributed by atoms with Gasteiger partial charge in [-0.2, -0.15) is 0 Å². The Balaban J connectivity index is 0.00000484. The fourth-order valence-electron chi connectivity index (χ4n) is 1.67. The summed E-state index contributed by atoms with van der Waals surface area (Å²) in [7, 11) is 0. The maximum Gasteiger partial charge on any atom is 0.255 e. The van der Waals surface area contributed by atoms with Crippen molar-refractivity contribution in [3.63, 3.8) is 0 Å². The molecule has 1 aromatic rings. The molecule has 23 heavy (non-hydrogen) atoms. The highest BCUT2D eigenvalue weighted by Crippen LogP contribution is 2.36. The Hall–Kier alpha value is -1.21. The number of ether oxygens (including phenoxy) is 2. The van der Waals surface area contributed by atoms with Crippen LogP contribution in [-0.2, 0) is 11.3 Å². The number of benzene rings is 1. The van der Waals surface area contributed by atoms with Gasteiger partial charge in [0.1, 0.15) is 0 Å². The smallest absolute Gasteiger partial charge is 0.255 e. The van der Waals surface area contributed by atoms with Crippen LogP contribution in [0.15, 0.2) is 12.1 Å². The van der Waals surface area contributed by atoms with Gasteiger partial charge in [-0.25, -0.2) is 0 Å². The molecule has 0 heterocycles. The molecule has 0 atom stereocenters. The Morgan fingerprint density at radius 2 is 2.04 bits per heavy atom. The zero-order valence-electron chi connectivity index (χ0n) is 13.5. The standard InChI is InChI=1S/C15H23ClN2O4.ClH/c1-4-21-12-6-10(7-18-15(2,3)9-19)5-11(16)14(12)22-8-13(17)20;/h5-6,18-19H,4,7-9H2,1-3H3,(H2,17,20);1H. The molecule has 0 fully saturated rings. The van der Waals surface area contributed by atoms with Gasteiger partial charge in [0.15, 0.2) is 18.1 Å². The fraction of sp³-hybridized carbons (Fsp3) is 0.533. The lowest BCUT2D eigenvalue weighted by molar-refractivity contribution is -0.119. The highest BCUT2D eigenvalue weighted by atomic mass is 35.5. The van der Waals surface area contributed by atoms with E-state index < -0.39 is 11.4 Å². The van der Waals surface area contributed by atoms with Crippen LogP contribution in [0.5, 0.6) is 11.5 Å². The van der Waals surface area contributed by atoms with Gasteiger partial charge in [0, 0.05) is 12.1 Å². The van der Waals surface area contributed by atoms with Crippen LogP contribution in [0, 0.1) is 0 Å². The monoisotopic (exact) mass is 366 g/mol. The van der Waals surface area contributed by atoms with Gasteiger partial charge in [0.05, 0.1) is 18.2 Å². The van der Waals surface area contributed by atoms with Crippen molar-refractivity contribution < 1.29 is 19.4 Å². The highest BCUT2D eigenvalue weighted by Gasteiger charge is 2.17. The molecule has 0 saturated heterocycles. The molecule has 0 aromatic heterocycles. The lowest BCUT2D eigenvalue weighted by atomic mass is 10.1. The molecule has 132 valence electrons. The van der Waals surface area contributed by atoms with Gasteiger partial charge in [-0.05, 0) is 38.5 Å². The van der Waals surface area contributed by atoms with Crippen molar-refractivity contribution in [3.8, 4) is 11.5 Å². The number of nitrogens with two attached hydrogens (primary N) is 1. The predicted octanol–water partition coefficient (Wildman–Crippen LogP) is 1.89. The average Bonchev–Trinajstić information content (AvgIpc) is 2.44. The summed E-state index contributed by atoms with van der Waals surface area (Å²) in [5.41, 5.74) is 5.55. The minimum absolute atomic E-state index is 0. The number of aliphatic hydroxyl groups is 1. The molecule has 0 aliphatic carbocycles. The molecule has 6 nitrogen and oxygen atoms in total. The second-order valence-electron chi connectivity index (χ2n) is 5.49. The van der Waals surface area contributed by atoms with Crippen LogP contribution in [0.2, 0.25) is 5.02 Å². The van der Waals surface area contributed by atoms with E-state index in [0.29, 0.717) is 29.7 Å². The average molecular weight is 367 g/mol. The Morgan fingerprint density at radius 3 is 2.57 bits per heavy atom. The summed E-state index contributed by atoms with van der Waals surface area (Å²) in [6, 6.07) is 3.51. The van der Waals surface area contributed by atoms with E-state index in [4.69, 9.17) is 26.8 Å². The van der Waals surface area contributed by atoms with Crippen molar-refractivity contribution in [1.82, 2.24) is 5.32 Å². The molecule has 0 aliphatic heterocycles. The fourth-order valence-corrected chi connectivity index (χ4v) is 1.95. The summed E-state index contributed by atoms with van der Waals surface area (Å²) in [5.74, 6) is 0.163. The van der Waals surface area contributed by atoms with Crippen molar-refractivity contribution >= 4 is 29.9 Å². The summed E-state index contributed by atoms with van der Waals surface area (Å²) in [6.45, 7) is 6.30. The number of amides is 1. The Kier molecular flexibility index (Phi) is 9.31. The quantitative estimate of drug-likeness (QED) is 0.620. The van der Waals surface area contributed by atoms with Gasteiger partial charge in [-0.3, -0.25) is 4.79 Å². The number of nitrogens with one attached hydrogen (secondary N) is 1. The van der Waals surface area contributed by atoms with Crippen molar-refractivity contribution in [2.24, 2.45) is 5.73 Å². The number of aliphatic hydroxyl groups excluding tert-OH is 1. The first-order valence-corrected chi connectivity index (χ1v) is 7.39. The maximum absolute atomic E-state index is 10.8. The molecule has 0 bridgehead atoms. The summed E-state index contributed by atoms with van der Waals surface area (Å²) in [5, 5.41) is 12.8. The predicted molar refractivity (Wildman–Crippen MR) is 92.6 cm³/mol. The molecular weight excluding hydrogens is 343 g/mol. The van der Waals surface area contributed by atoms with E-state index in [0.717, 1.165) is 5.56 Å². The van der Waals surface area contributed by atoms with Crippen LogP contribution in [0.1, 0.15) is 26.3 Å². The second kappa shape index (κ2) is 9.82. The van der Waals surface area contributed by atoms with Gasteiger partial charge >= 0.3 is 0 Å². The summed E-state index contributed by atoms with van der Waals surface area (Å²) in [4.78, 5) is 10.8. The maximum atomic E-state index is 10.8. The molecule has 0 radical (unpaired) electrons. The number of halogens is 2. The minimum atomic E-state index is -0.589. The Bertz CT molecular complexity index is 524. The molecule has 8 heteroatoms. The van der Waals surface area contributed by atoms with Gasteiger partial charge in [-0.15, -0.1) is 12.4 Å². The zero-order valence-corrected chi connectivity index (χ0v) is 15.1. The van der Waals surface area contributed by atoms with Crippen LogP contribution in [0.3, 0.4) is 0 Å². The van der Waals surface area contributed by atoms with Crippen LogP contribution in [-0.4, -0.2) is 36.4 Å². The van der Waals surface area contributed by atoms with Gasteiger partial charge < -0.3 is 25.6 Å². The largest absolute Gasteiger partial charge is 0.490 e. The van der Waals surface area contributed by atoms with Crippen LogP contribution < -0.4 is 20.5 Å². The number of rotatable bonds is 9. The Labute approximate surface area is 147 Å². The van der Waals surface area contributed by atoms with E-state index in [9.17, 15) is 9.90 Å². The van der Waals surface area contributed by atoms with Crippen molar-refractivity contribution in [3.05, 3.63) is 22.7 Å². The molecule has 1 rings (SSSR count). The van der Waals surface area contributed by atoms with E-state index in [2.05, 4.69) is 5.32 Å². The summed E-state index contributed by atoms with van der Waals surface area (Å²) < 4.78 is 10.8. The second-order valence-corrected chi connectivity index (χ2v) is 5.90. The molecule has 1 amide bonds. The van der Waals surface area contributed by atoms with Gasteiger partial charge in [-0.1, -0.05) is 11.6 Å². The zero-order chi connectivity index (χ0) is 16.8. The van der Waals surface area contributed by atoms with E-state index in [-0.39, 0.29) is 25.6 Å². The van der Waals surface area contributed by atoms with Crippen LogP contribution in [0.4, 0.5) is 0 Å². The highest BCUT2D eigenvalue weighted by molar-refractivity contribution is 6.32. The first-order chi connectivity index (χ1) is 10.3. The number of hydrogen-bond acceptors (Lipinski definition) is 5. The lowest BCUT2D eigenvalue weighted by Gasteiger charge is -2.24. The number of hydrogen-bond donors (Lipinski definition) is 3.